The number of hydrogen-bond donors (Lipinski definition) is 1. The molecule has 0 aromatic heterocycles. The molecule has 0 unspecified atom stereocenters. The molecule has 2 amide bonds. The van der Waals surface area contributed by atoms with Gasteiger partial charge < -0.3 is 10.5 Å². The minimum absolute atomic E-state index is 0.0587. The molecule has 1 aromatic carbocycles. The van der Waals surface area contributed by atoms with E-state index in [9.17, 15) is 14.4 Å². The van der Waals surface area contributed by atoms with Crippen molar-refractivity contribution < 1.29 is 24.9 Å². The van der Waals surface area contributed by atoms with Crippen LogP contribution in [0, 0.1) is 0 Å². The van der Waals surface area contributed by atoms with Gasteiger partial charge >= 0.3 is 5.97 Å². The van der Waals surface area contributed by atoms with Crippen molar-refractivity contribution in [2.24, 2.45) is 0 Å². The summed E-state index contributed by atoms with van der Waals surface area (Å²) in [5, 5.41) is 0.123. The molecule has 6 nitrogen and oxygen atoms in total. The molecule has 1 heterocycles. The average Bonchev–Trinajstić information content (AvgIpc) is 2.78. The molecule has 1 aliphatic rings. The molecule has 24 heavy (non-hydrogen) atoms. The molecule has 0 aliphatic carbocycles. The first-order valence-corrected chi connectivity index (χ1v) is 9.08. The number of benzene rings is 1. The number of esters is 1. The summed E-state index contributed by atoms with van der Waals surface area (Å²) in [6, 6.07) is 3.96. The van der Waals surface area contributed by atoms with E-state index in [1.54, 1.807) is 6.92 Å². The summed E-state index contributed by atoms with van der Waals surface area (Å²) in [5.41, 5.74) is 4.07. The van der Waals surface area contributed by atoms with Gasteiger partial charge in [0.15, 0.2) is 6.04 Å². The van der Waals surface area contributed by atoms with Crippen molar-refractivity contribution in [3.05, 3.63) is 28.2 Å². The fourth-order valence-corrected chi connectivity index (χ4v) is 3.86. The highest BCUT2D eigenvalue weighted by Gasteiger charge is 2.40. The molecule has 1 saturated heterocycles. The molecule has 2 atom stereocenters. The molecule has 3 N–H and O–H groups in total. The van der Waals surface area contributed by atoms with Gasteiger partial charge in [0, 0.05) is 16.5 Å². The molecule has 2 rings (SSSR count). The second-order valence-corrected chi connectivity index (χ2v) is 7.28. The van der Waals surface area contributed by atoms with Gasteiger partial charge in [-0.1, -0.05) is 23.2 Å². The van der Waals surface area contributed by atoms with Crippen LogP contribution in [0.25, 0.3) is 0 Å². The van der Waals surface area contributed by atoms with Gasteiger partial charge in [0.1, 0.15) is 0 Å². The highest BCUT2D eigenvalue weighted by atomic mass is 35.5. The van der Waals surface area contributed by atoms with E-state index in [-0.39, 0.29) is 24.8 Å². The predicted octanol–water partition coefficient (Wildman–Crippen LogP) is 1.53. The molecule has 0 radical (unpaired) electrons. The molecule has 0 saturated carbocycles. The summed E-state index contributed by atoms with van der Waals surface area (Å²) in [7, 11) is 0. The minimum atomic E-state index is -0.590. The van der Waals surface area contributed by atoms with Crippen LogP contribution in [-0.2, 0) is 19.1 Å². The zero-order chi connectivity index (χ0) is 17.9. The lowest BCUT2D eigenvalue weighted by molar-refractivity contribution is -0.401. The van der Waals surface area contributed by atoms with Crippen LogP contribution < -0.4 is 10.6 Å². The first kappa shape index (κ1) is 19.1. The highest BCUT2D eigenvalue weighted by molar-refractivity contribution is 8.00. The Kier molecular flexibility index (Phi) is 6.51. The first-order chi connectivity index (χ1) is 11.3. The lowest BCUT2D eigenvalue weighted by Gasteiger charge is -2.16. The molecule has 130 valence electrons. The topological polar surface area (TPSA) is 91.3 Å². The van der Waals surface area contributed by atoms with E-state index in [1.807, 2.05) is 0 Å². The first-order valence-electron chi connectivity index (χ1n) is 7.27. The third-order valence-corrected chi connectivity index (χ3v) is 5.13. The Bertz CT molecular complexity index is 651. The number of amides is 2. The number of halogens is 2. The Morgan fingerprint density at radius 3 is 2.58 bits per heavy atom. The number of rotatable bonds is 6. The van der Waals surface area contributed by atoms with E-state index in [2.05, 4.69) is 5.73 Å². The number of thioether (sulfide) groups is 1. The van der Waals surface area contributed by atoms with Gasteiger partial charge in [-0.05, 0) is 25.1 Å². The molecule has 9 heteroatoms. The Morgan fingerprint density at radius 1 is 1.38 bits per heavy atom. The summed E-state index contributed by atoms with van der Waals surface area (Å²) < 4.78 is 4.88. The van der Waals surface area contributed by atoms with Gasteiger partial charge in [0.25, 0.3) is 0 Å². The minimum Gasteiger partial charge on any atom is -0.462 e. The van der Waals surface area contributed by atoms with Crippen molar-refractivity contribution in [1.82, 2.24) is 0 Å². The van der Waals surface area contributed by atoms with E-state index in [1.165, 1.54) is 30.0 Å². The summed E-state index contributed by atoms with van der Waals surface area (Å²) in [6.45, 7) is 1.99. The van der Waals surface area contributed by atoms with Crippen LogP contribution >= 0.6 is 35.0 Å². The van der Waals surface area contributed by atoms with E-state index in [0.717, 1.165) is 4.90 Å². The fraction of sp³-hybridized carbons (Fsp3) is 0.400. The van der Waals surface area contributed by atoms with Crippen LogP contribution in [0.4, 0.5) is 5.69 Å². The molecular weight excluding hydrogens is 375 g/mol. The number of carbonyl (C=O) groups excluding carboxylic acids is 3. The van der Waals surface area contributed by atoms with E-state index in [4.69, 9.17) is 27.9 Å². The van der Waals surface area contributed by atoms with Crippen molar-refractivity contribution >= 4 is 58.4 Å². The Balaban J connectivity index is 2.05. The molecule has 1 fully saturated rings. The zero-order valence-corrected chi connectivity index (χ0v) is 15.3. The number of ether oxygens (including phenoxy) is 1. The van der Waals surface area contributed by atoms with E-state index in [0.29, 0.717) is 21.5 Å². The van der Waals surface area contributed by atoms with Crippen LogP contribution in [0.3, 0.4) is 0 Å². The fourth-order valence-electron chi connectivity index (χ4n) is 2.23. The third kappa shape index (κ3) is 4.42. The van der Waals surface area contributed by atoms with Crippen LogP contribution in [0.15, 0.2) is 18.2 Å². The van der Waals surface area contributed by atoms with Crippen molar-refractivity contribution in [1.29, 1.82) is 0 Å². The lowest BCUT2D eigenvalue weighted by Crippen LogP contribution is -2.66. The summed E-state index contributed by atoms with van der Waals surface area (Å²) in [6.07, 6.45) is 0.0587. The number of nitrogens with zero attached hydrogens (tertiary/aromatic N) is 1. The smallest absolute Gasteiger partial charge is 0.365 e. The van der Waals surface area contributed by atoms with Gasteiger partial charge in [-0.2, -0.15) is 0 Å². The standard InChI is InChI=1S/C15H16Cl2N2O4S/c1-2-23-15(22)11(18)7-24-12-6-13(20)19(14(12)21)10-4-8(16)3-9(17)5-10/h3-5,11-12H,2,6-7,18H2,1H3/p+1/t11-,12+/m0/s1. The number of carbonyl (C=O) groups is 3. The van der Waals surface area contributed by atoms with Crippen molar-refractivity contribution in [2.45, 2.75) is 24.6 Å². The molecule has 0 bridgehead atoms. The molecule has 1 aliphatic heterocycles. The maximum absolute atomic E-state index is 12.5. The second kappa shape index (κ2) is 8.20. The van der Waals surface area contributed by atoms with Gasteiger partial charge in [-0.25, -0.2) is 9.69 Å². The second-order valence-electron chi connectivity index (χ2n) is 5.17. The number of imide groups is 1. The summed E-state index contributed by atoms with van der Waals surface area (Å²) >= 11 is 13.1. The van der Waals surface area contributed by atoms with Gasteiger partial charge in [0.05, 0.1) is 23.3 Å². The van der Waals surface area contributed by atoms with Crippen LogP contribution in [0.1, 0.15) is 13.3 Å². The van der Waals surface area contributed by atoms with Gasteiger partial charge in [0.2, 0.25) is 11.8 Å². The van der Waals surface area contributed by atoms with Gasteiger partial charge in [-0.3, -0.25) is 9.59 Å². The van der Waals surface area contributed by atoms with E-state index < -0.39 is 17.3 Å². The lowest BCUT2D eigenvalue weighted by atomic mass is 10.3. The monoisotopic (exact) mass is 391 g/mol. The Labute approximate surface area is 153 Å². The van der Waals surface area contributed by atoms with Crippen molar-refractivity contribution in [3.8, 4) is 0 Å². The highest BCUT2D eigenvalue weighted by Crippen LogP contribution is 2.32. The van der Waals surface area contributed by atoms with Crippen LogP contribution in [-0.4, -0.2) is 41.4 Å². The number of hydrogen-bond acceptors (Lipinski definition) is 5. The van der Waals surface area contributed by atoms with Crippen molar-refractivity contribution in [2.75, 3.05) is 17.3 Å². The molecular formula is C15H17Cl2N2O4S+. The Morgan fingerprint density at radius 2 is 2.00 bits per heavy atom. The maximum Gasteiger partial charge on any atom is 0.365 e. The van der Waals surface area contributed by atoms with E-state index >= 15 is 0 Å². The summed E-state index contributed by atoms with van der Waals surface area (Å²) in [5.74, 6) is -0.792. The number of anilines is 1. The molecule has 0 spiro atoms. The predicted molar refractivity (Wildman–Crippen MR) is 93.1 cm³/mol. The largest absolute Gasteiger partial charge is 0.462 e. The SMILES string of the molecule is CCOC(=O)[C@@H]([NH3+])CS[C@@H]1CC(=O)N(c2cc(Cl)cc(Cl)c2)C1=O. The zero-order valence-electron chi connectivity index (χ0n) is 13.0. The van der Waals surface area contributed by atoms with Crippen LogP contribution in [0.2, 0.25) is 10.0 Å². The Hall–Kier alpha value is -1.28. The quantitative estimate of drug-likeness (QED) is 0.586. The average molecular weight is 392 g/mol. The normalized spacial score (nSPS) is 18.8. The van der Waals surface area contributed by atoms with Gasteiger partial charge in [-0.15, -0.1) is 11.8 Å². The third-order valence-electron chi connectivity index (χ3n) is 3.33. The van der Waals surface area contributed by atoms with Crippen molar-refractivity contribution in [3.63, 3.8) is 0 Å². The maximum atomic E-state index is 12.5. The summed E-state index contributed by atoms with van der Waals surface area (Å²) in [4.78, 5) is 37.4. The molecule has 1 aromatic rings. The number of quaternary nitrogens is 1. The van der Waals surface area contributed by atoms with Crippen LogP contribution in [0.5, 0.6) is 0 Å².